The minimum absolute atomic E-state index is 0.116. The van der Waals surface area contributed by atoms with Gasteiger partial charge in [0.2, 0.25) is 5.88 Å². The van der Waals surface area contributed by atoms with Crippen molar-refractivity contribution in [3.05, 3.63) is 11.9 Å². The first kappa shape index (κ1) is 8.74. The number of amides is 1. The molecule has 6 heteroatoms. The summed E-state index contributed by atoms with van der Waals surface area (Å²) in [6.45, 7) is 2.28. The zero-order valence-corrected chi connectivity index (χ0v) is 7.65. The largest absolute Gasteiger partial charge is 0.472 e. The van der Waals surface area contributed by atoms with Crippen molar-refractivity contribution in [2.75, 3.05) is 12.3 Å². The summed E-state index contributed by atoms with van der Waals surface area (Å²) in [6.07, 6.45) is 1.16. The topological polar surface area (TPSA) is 90.1 Å². The number of aromatic nitrogens is 2. The van der Waals surface area contributed by atoms with Gasteiger partial charge in [-0.1, -0.05) is 0 Å². The monoisotopic (exact) mass is 194 g/mol. The predicted octanol–water partition coefficient (Wildman–Crippen LogP) is -0.431. The minimum atomic E-state index is -0.289. The van der Waals surface area contributed by atoms with Crippen molar-refractivity contribution < 1.29 is 9.53 Å². The van der Waals surface area contributed by atoms with E-state index >= 15 is 0 Å². The summed E-state index contributed by atoms with van der Waals surface area (Å²) in [7, 11) is 0. The van der Waals surface area contributed by atoms with Crippen LogP contribution in [-0.2, 0) is 0 Å². The molecular weight excluding hydrogens is 184 g/mol. The van der Waals surface area contributed by atoms with Crippen LogP contribution in [0.15, 0.2) is 6.33 Å². The van der Waals surface area contributed by atoms with E-state index in [1.807, 2.05) is 6.92 Å². The lowest BCUT2D eigenvalue weighted by molar-refractivity contribution is 0.0953. The Balaban J connectivity index is 2.52. The summed E-state index contributed by atoms with van der Waals surface area (Å²) in [6, 6.07) is 0. The maximum absolute atomic E-state index is 11.5. The predicted molar refractivity (Wildman–Crippen MR) is 48.9 cm³/mol. The molecule has 1 aliphatic rings. The molecule has 0 fully saturated rings. The van der Waals surface area contributed by atoms with E-state index in [0.717, 1.165) is 0 Å². The van der Waals surface area contributed by atoms with Gasteiger partial charge >= 0.3 is 0 Å². The van der Waals surface area contributed by atoms with Crippen molar-refractivity contribution in [1.29, 1.82) is 0 Å². The SMILES string of the molecule is CC1CNC(=O)c2c(N)ncnc2O1. The number of fused-ring (bicyclic) bond motifs is 1. The van der Waals surface area contributed by atoms with E-state index in [-0.39, 0.29) is 29.3 Å². The molecule has 3 N–H and O–H groups in total. The van der Waals surface area contributed by atoms with Gasteiger partial charge in [-0.3, -0.25) is 4.79 Å². The number of nitrogen functional groups attached to an aromatic ring is 1. The molecule has 0 aliphatic carbocycles. The summed E-state index contributed by atoms with van der Waals surface area (Å²) in [5, 5.41) is 2.67. The highest BCUT2D eigenvalue weighted by Gasteiger charge is 2.24. The number of carbonyl (C=O) groups is 1. The number of nitrogens with two attached hydrogens (primary N) is 1. The molecule has 0 bridgehead atoms. The highest BCUT2D eigenvalue weighted by Crippen LogP contribution is 2.22. The zero-order chi connectivity index (χ0) is 10.1. The lowest BCUT2D eigenvalue weighted by Crippen LogP contribution is -2.29. The van der Waals surface area contributed by atoms with Gasteiger partial charge in [0.1, 0.15) is 23.8 Å². The smallest absolute Gasteiger partial charge is 0.260 e. The van der Waals surface area contributed by atoms with Crippen molar-refractivity contribution in [1.82, 2.24) is 15.3 Å². The maximum Gasteiger partial charge on any atom is 0.260 e. The second kappa shape index (κ2) is 3.13. The van der Waals surface area contributed by atoms with Crippen LogP contribution in [-0.4, -0.2) is 28.5 Å². The van der Waals surface area contributed by atoms with Crippen molar-refractivity contribution in [2.24, 2.45) is 0 Å². The Morgan fingerprint density at radius 2 is 2.43 bits per heavy atom. The van der Waals surface area contributed by atoms with Crippen LogP contribution in [0.1, 0.15) is 17.3 Å². The van der Waals surface area contributed by atoms with Gasteiger partial charge in [0.05, 0.1) is 6.54 Å². The highest BCUT2D eigenvalue weighted by molar-refractivity contribution is 6.00. The first-order chi connectivity index (χ1) is 6.68. The van der Waals surface area contributed by atoms with Gasteiger partial charge in [-0.15, -0.1) is 0 Å². The third-order valence-electron chi connectivity index (χ3n) is 1.93. The molecule has 1 atom stereocenters. The van der Waals surface area contributed by atoms with Crippen LogP contribution in [0.25, 0.3) is 0 Å². The Hall–Kier alpha value is -1.85. The third kappa shape index (κ3) is 1.34. The van der Waals surface area contributed by atoms with Crippen molar-refractivity contribution in [3.8, 4) is 5.88 Å². The van der Waals surface area contributed by atoms with Gasteiger partial charge in [-0.25, -0.2) is 9.97 Å². The number of nitrogens with zero attached hydrogens (tertiary/aromatic N) is 2. The fraction of sp³-hybridized carbons (Fsp3) is 0.375. The minimum Gasteiger partial charge on any atom is -0.472 e. The van der Waals surface area contributed by atoms with E-state index in [9.17, 15) is 4.79 Å². The van der Waals surface area contributed by atoms with Gasteiger partial charge in [-0.2, -0.15) is 0 Å². The molecule has 1 aromatic rings. The molecule has 14 heavy (non-hydrogen) atoms. The number of nitrogens with one attached hydrogen (secondary N) is 1. The molecule has 1 amide bonds. The van der Waals surface area contributed by atoms with E-state index in [2.05, 4.69) is 15.3 Å². The van der Waals surface area contributed by atoms with E-state index in [1.54, 1.807) is 0 Å². The molecule has 0 radical (unpaired) electrons. The molecular formula is C8H10N4O2. The Bertz CT molecular complexity index is 380. The molecule has 2 rings (SSSR count). The number of ether oxygens (including phenoxy) is 1. The van der Waals surface area contributed by atoms with Crippen molar-refractivity contribution in [2.45, 2.75) is 13.0 Å². The molecule has 1 unspecified atom stereocenters. The first-order valence-corrected chi connectivity index (χ1v) is 4.24. The average Bonchev–Trinajstić information content (AvgIpc) is 2.27. The Morgan fingerprint density at radius 3 is 3.21 bits per heavy atom. The number of anilines is 1. The molecule has 0 spiro atoms. The Kier molecular flexibility index (Phi) is 1.95. The fourth-order valence-corrected chi connectivity index (χ4v) is 1.24. The lowest BCUT2D eigenvalue weighted by Gasteiger charge is -2.09. The van der Waals surface area contributed by atoms with E-state index in [0.29, 0.717) is 6.54 Å². The van der Waals surface area contributed by atoms with E-state index in [4.69, 9.17) is 10.5 Å². The zero-order valence-electron chi connectivity index (χ0n) is 7.65. The number of hydrogen-bond donors (Lipinski definition) is 2. The van der Waals surface area contributed by atoms with Crippen molar-refractivity contribution >= 4 is 11.7 Å². The second-order valence-corrected chi connectivity index (χ2v) is 3.08. The molecule has 74 valence electrons. The van der Waals surface area contributed by atoms with Crippen LogP contribution in [0.3, 0.4) is 0 Å². The van der Waals surface area contributed by atoms with Gasteiger partial charge in [0.25, 0.3) is 5.91 Å². The van der Waals surface area contributed by atoms with Crippen LogP contribution in [0.5, 0.6) is 5.88 Å². The summed E-state index contributed by atoms with van der Waals surface area (Å²) >= 11 is 0. The van der Waals surface area contributed by atoms with E-state index < -0.39 is 0 Å². The number of carbonyl (C=O) groups excluding carboxylic acids is 1. The summed E-state index contributed by atoms with van der Waals surface area (Å²) in [5.41, 5.74) is 5.77. The second-order valence-electron chi connectivity index (χ2n) is 3.08. The Labute approximate surface area is 80.5 Å². The number of rotatable bonds is 0. The normalized spacial score (nSPS) is 20.4. The van der Waals surface area contributed by atoms with Crippen LogP contribution in [0.4, 0.5) is 5.82 Å². The van der Waals surface area contributed by atoms with Crippen LogP contribution >= 0.6 is 0 Å². The Morgan fingerprint density at radius 1 is 1.64 bits per heavy atom. The first-order valence-electron chi connectivity index (χ1n) is 4.24. The standard InChI is InChI=1S/C8H10N4O2/c1-4-2-10-7(13)5-6(9)11-3-12-8(5)14-4/h3-4H,2H2,1H3,(H,10,13)(H2,9,11,12). The average molecular weight is 194 g/mol. The molecule has 0 saturated carbocycles. The van der Waals surface area contributed by atoms with Crippen molar-refractivity contribution in [3.63, 3.8) is 0 Å². The van der Waals surface area contributed by atoms with Gasteiger partial charge < -0.3 is 15.8 Å². The summed E-state index contributed by atoms with van der Waals surface area (Å²) in [5.74, 6) is 0.101. The third-order valence-corrected chi connectivity index (χ3v) is 1.93. The lowest BCUT2D eigenvalue weighted by atomic mass is 10.3. The molecule has 6 nitrogen and oxygen atoms in total. The van der Waals surface area contributed by atoms with Crippen LogP contribution < -0.4 is 15.8 Å². The summed E-state index contributed by atoms with van der Waals surface area (Å²) < 4.78 is 5.39. The van der Waals surface area contributed by atoms with Gasteiger partial charge in [-0.05, 0) is 6.92 Å². The van der Waals surface area contributed by atoms with Crippen LogP contribution in [0.2, 0.25) is 0 Å². The van der Waals surface area contributed by atoms with Gasteiger partial charge in [0.15, 0.2) is 0 Å². The molecule has 0 aromatic carbocycles. The maximum atomic E-state index is 11.5. The van der Waals surface area contributed by atoms with E-state index in [1.165, 1.54) is 6.33 Å². The van der Waals surface area contributed by atoms with Gasteiger partial charge in [0, 0.05) is 0 Å². The quantitative estimate of drug-likeness (QED) is 0.584. The summed E-state index contributed by atoms with van der Waals surface area (Å²) in [4.78, 5) is 19.1. The highest BCUT2D eigenvalue weighted by atomic mass is 16.5. The molecule has 0 saturated heterocycles. The number of hydrogen-bond acceptors (Lipinski definition) is 5. The molecule has 1 aliphatic heterocycles. The molecule has 2 heterocycles. The fourth-order valence-electron chi connectivity index (χ4n) is 1.24. The molecule has 1 aromatic heterocycles. The van der Waals surface area contributed by atoms with Crippen LogP contribution in [0, 0.1) is 0 Å².